The first-order chi connectivity index (χ1) is 5.27. The molecule has 0 unspecified atom stereocenters. The van der Waals surface area contributed by atoms with E-state index in [4.69, 9.17) is 5.11 Å². The van der Waals surface area contributed by atoms with Gasteiger partial charge in [-0.2, -0.15) is 6.07 Å². The van der Waals surface area contributed by atoms with Crippen molar-refractivity contribution in [3.05, 3.63) is 30.6 Å². The molecule has 0 aliphatic carbocycles. The number of hydrogen-bond acceptors (Lipinski definition) is 2. The van der Waals surface area contributed by atoms with Crippen LogP contribution < -0.4 is 51.4 Å². The zero-order valence-corrected chi connectivity index (χ0v) is 10.4. The SMILES string of the molecule is CCC(=O)O.[K+].[c-]1cccnc1. The van der Waals surface area contributed by atoms with Crippen molar-refractivity contribution in [1.82, 2.24) is 4.98 Å². The van der Waals surface area contributed by atoms with E-state index < -0.39 is 5.97 Å². The molecule has 0 aromatic carbocycles. The van der Waals surface area contributed by atoms with Crippen LogP contribution in [-0.2, 0) is 4.79 Å². The predicted octanol–water partition coefficient (Wildman–Crippen LogP) is -1.63. The van der Waals surface area contributed by atoms with Crippen molar-refractivity contribution < 1.29 is 61.3 Å². The van der Waals surface area contributed by atoms with Crippen LogP contribution in [0.15, 0.2) is 24.5 Å². The molecular weight excluding hydrogens is 181 g/mol. The van der Waals surface area contributed by atoms with Gasteiger partial charge in [-0.05, 0) is 0 Å². The fraction of sp³-hybridized carbons (Fsp3) is 0.250. The number of rotatable bonds is 1. The third-order valence-electron chi connectivity index (χ3n) is 0.816. The van der Waals surface area contributed by atoms with Crippen molar-refractivity contribution in [3.63, 3.8) is 0 Å². The average Bonchev–Trinajstić information content (AvgIpc) is 2.09. The van der Waals surface area contributed by atoms with Gasteiger partial charge >= 0.3 is 57.4 Å². The first-order valence-corrected chi connectivity index (χ1v) is 3.25. The van der Waals surface area contributed by atoms with Crippen molar-refractivity contribution in [1.29, 1.82) is 0 Å². The van der Waals surface area contributed by atoms with E-state index in [9.17, 15) is 4.79 Å². The van der Waals surface area contributed by atoms with Crippen LogP contribution in [0, 0.1) is 6.07 Å². The van der Waals surface area contributed by atoms with E-state index in [-0.39, 0.29) is 57.8 Å². The minimum absolute atomic E-state index is 0. The molecule has 60 valence electrons. The van der Waals surface area contributed by atoms with E-state index in [0.29, 0.717) is 0 Å². The van der Waals surface area contributed by atoms with Crippen molar-refractivity contribution in [3.8, 4) is 0 Å². The molecular formula is C8H10KNO2. The molecule has 1 N–H and O–H groups in total. The maximum absolute atomic E-state index is 9.37. The fourth-order valence-electron chi connectivity index (χ4n) is 0.277. The molecule has 0 amide bonds. The molecule has 0 radical (unpaired) electrons. The topological polar surface area (TPSA) is 50.2 Å². The first kappa shape index (κ1) is 14.8. The minimum atomic E-state index is -0.745. The van der Waals surface area contributed by atoms with Gasteiger partial charge < -0.3 is 10.1 Å². The van der Waals surface area contributed by atoms with Gasteiger partial charge in [0, 0.05) is 6.42 Å². The molecule has 0 bridgehead atoms. The van der Waals surface area contributed by atoms with Gasteiger partial charge in [-0.15, -0.1) is 0 Å². The summed E-state index contributed by atoms with van der Waals surface area (Å²) in [5.41, 5.74) is 0. The van der Waals surface area contributed by atoms with E-state index in [1.165, 1.54) is 0 Å². The van der Waals surface area contributed by atoms with E-state index >= 15 is 0 Å². The number of aromatic nitrogens is 1. The zero-order chi connectivity index (χ0) is 8.53. The molecule has 1 aromatic heterocycles. The van der Waals surface area contributed by atoms with Gasteiger partial charge in [0.2, 0.25) is 0 Å². The Labute approximate surface area is 115 Å². The molecule has 0 spiro atoms. The summed E-state index contributed by atoms with van der Waals surface area (Å²) >= 11 is 0. The summed E-state index contributed by atoms with van der Waals surface area (Å²) in [5.74, 6) is -0.745. The van der Waals surface area contributed by atoms with Gasteiger partial charge in [-0.1, -0.05) is 19.3 Å². The summed E-state index contributed by atoms with van der Waals surface area (Å²) < 4.78 is 0. The molecule has 1 aromatic rings. The number of nitrogens with zero attached hydrogens (tertiary/aromatic N) is 1. The van der Waals surface area contributed by atoms with Crippen LogP contribution in [0.25, 0.3) is 0 Å². The van der Waals surface area contributed by atoms with Crippen LogP contribution in [0.4, 0.5) is 0 Å². The molecule has 0 saturated heterocycles. The quantitative estimate of drug-likeness (QED) is 0.428. The summed E-state index contributed by atoms with van der Waals surface area (Å²) in [5, 5.41) is 7.72. The number of aliphatic carboxylic acids is 1. The molecule has 0 aliphatic rings. The molecule has 1 rings (SSSR count). The van der Waals surface area contributed by atoms with E-state index in [1.807, 2.05) is 12.1 Å². The minimum Gasteiger partial charge on any atom is -0.481 e. The fourth-order valence-corrected chi connectivity index (χ4v) is 0.277. The first-order valence-electron chi connectivity index (χ1n) is 3.25. The number of carboxylic acid groups (broad SMARTS) is 1. The van der Waals surface area contributed by atoms with Crippen molar-refractivity contribution in [2.45, 2.75) is 13.3 Å². The van der Waals surface area contributed by atoms with Gasteiger partial charge in [0.25, 0.3) is 0 Å². The third kappa shape index (κ3) is 12.9. The number of carboxylic acids is 1. The van der Waals surface area contributed by atoms with Crippen LogP contribution in [0.2, 0.25) is 0 Å². The van der Waals surface area contributed by atoms with Gasteiger partial charge in [0.1, 0.15) is 0 Å². The summed E-state index contributed by atoms with van der Waals surface area (Å²) in [6.07, 6.45) is 3.57. The Morgan fingerprint density at radius 2 is 2.25 bits per heavy atom. The Bertz CT molecular complexity index is 165. The van der Waals surface area contributed by atoms with E-state index in [2.05, 4.69) is 11.1 Å². The Hall–Kier alpha value is 0.256. The van der Waals surface area contributed by atoms with Crippen LogP contribution in [0.5, 0.6) is 0 Å². The third-order valence-corrected chi connectivity index (χ3v) is 0.816. The maximum atomic E-state index is 9.37. The molecule has 0 fully saturated rings. The van der Waals surface area contributed by atoms with Gasteiger partial charge in [0.05, 0.1) is 0 Å². The second-order valence-electron chi connectivity index (χ2n) is 1.70. The van der Waals surface area contributed by atoms with Crippen molar-refractivity contribution in [2.75, 3.05) is 0 Å². The number of carbonyl (C=O) groups is 1. The van der Waals surface area contributed by atoms with Gasteiger partial charge in [0.15, 0.2) is 0 Å². The zero-order valence-electron chi connectivity index (χ0n) is 7.32. The van der Waals surface area contributed by atoms with Crippen LogP contribution in [0.3, 0.4) is 0 Å². The summed E-state index contributed by atoms with van der Waals surface area (Å²) in [4.78, 5) is 13.1. The normalized spacial score (nSPS) is 7.08. The molecule has 4 heteroatoms. The second-order valence-corrected chi connectivity index (χ2v) is 1.70. The molecule has 3 nitrogen and oxygen atoms in total. The van der Waals surface area contributed by atoms with E-state index in [1.54, 1.807) is 19.3 Å². The smallest absolute Gasteiger partial charge is 0.481 e. The van der Waals surface area contributed by atoms with Crippen molar-refractivity contribution >= 4 is 5.97 Å². The van der Waals surface area contributed by atoms with Gasteiger partial charge in [-0.25, -0.2) is 12.1 Å². The van der Waals surface area contributed by atoms with Crippen LogP contribution in [0.1, 0.15) is 13.3 Å². The Balaban J connectivity index is 0. The Morgan fingerprint density at radius 1 is 1.67 bits per heavy atom. The van der Waals surface area contributed by atoms with Crippen LogP contribution >= 0.6 is 0 Å². The molecule has 12 heavy (non-hydrogen) atoms. The van der Waals surface area contributed by atoms with Crippen LogP contribution in [-0.4, -0.2) is 16.1 Å². The standard InChI is InChI=1S/C5H4N.C3H6O2.K/c1-2-4-6-5-3-1;1-2-3(4)5;/h1-2,4-5H;2H2,1H3,(H,4,5);/q-1;;+1. The second kappa shape index (κ2) is 11.3. The number of hydrogen-bond donors (Lipinski definition) is 1. The molecule has 0 saturated carbocycles. The van der Waals surface area contributed by atoms with E-state index in [0.717, 1.165) is 0 Å². The average molecular weight is 191 g/mol. The predicted molar refractivity (Wildman–Crippen MR) is 41.0 cm³/mol. The monoisotopic (exact) mass is 191 g/mol. The van der Waals surface area contributed by atoms with Gasteiger partial charge in [-0.3, -0.25) is 4.79 Å². The summed E-state index contributed by atoms with van der Waals surface area (Å²) in [6.45, 7) is 1.60. The molecule has 1 heterocycles. The number of pyridine rings is 1. The molecule has 0 aliphatic heterocycles. The Morgan fingerprint density at radius 3 is 2.33 bits per heavy atom. The maximum Gasteiger partial charge on any atom is 1.00 e. The summed E-state index contributed by atoms with van der Waals surface area (Å²) in [6, 6.07) is 6.43. The van der Waals surface area contributed by atoms with Crippen molar-refractivity contribution in [2.24, 2.45) is 0 Å². The summed E-state index contributed by atoms with van der Waals surface area (Å²) in [7, 11) is 0. The Kier molecular flexibility index (Phi) is 13.8. The molecule has 0 atom stereocenters. The largest absolute Gasteiger partial charge is 1.00 e.